The van der Waals surface area contributed by atoms with Gasteiger partial charge in [-0.05, 0) is 61.2 Å². The third-order valence-corrected chi connectivity index (χ3v) is 7.05. The summed E-state index contributed by atoms with van der Waals surface area (Å²) < 4.78 is 16.7. The first-order valence-corrected chi connectivity index (χ1v) is 10.7. The van der Waals surface area contributed by atoms with Gasteiger partial charge in [-0.15, -0.1) is 0 Å². The minimum Gasteiger partial charge on any atom is -0.490 e. The van der Waals surface area contributed by atoms with Gasteiger partial charge in [-0.1, -0.05) is 6.07 Å². The van der Waals surface area contributed by atoms with Gasteiger partial charge in [0, 0.05) is 36.9 Å². The highest BCUT2D eigenvalue weighted by Crippen LogP contribution is 2.48. The molecule has 6 heteroatoms. The second-order valence-corrected chi connectivity index (χ2v) is 9.06. The number of hydrogen-bond acceptors (Lipinski definition) is 5. The van der Waals surface area contributed by atoms with E-state index < -0.39 is 5.60 Å². The molecule has 2 saturated heterocycles. The number of piperidine rings is 1. The summed E-state index contributed by atoms with van der Waals surface area (Å²) in [6, 6.07) is 11.5. The van der Waals surface area contributed by atoms with Crippen molar-refractivity contribution in [3.63, 3.8) is 0 Å². The van der Waals surface area contributed by atoms with Crippen LogP contribution in [-0.2, 0) is 12.0 Å². The van der Waals surface area contributed by atoms with E-state index in [1.54, 1.807) is 0 Å². The fourth-order valence-electron chi connectivity index (χ4n) is 5.68. The highest BCUT2D eigenvalue weighted by atomic mass is 16.7. The molecule has 0 radical (unpaired) electrons. The summed E-state index contributed by atoms with van der Waals surface area (Å²) in [7, 11) is 0. The summed E-state index contributed by atoms with van der Waals surface area (Å²) >= 11 is 0. The zero-order valence-corrected chi connectivity index (χ0v) is 17.0. The lowest BCUT2D eigenvalue weighted by atomic mass is 9.80. The average Bonchev–Trinajstić information content (AvgIpc) is 3.41. The summed E-state index contributed by atoms with van der Waals surface area (Å²) in [5.41, 5.74) is 1.72. The molecule has 4 heterocycles. The molecule has 4 aliphatic heterocycles. The van der Waals surface area contributed by atoms with Crippen LogP contribution in [0.3, 0.4) is 0 Å². The third-order valence-electron chi connectivity index (χ3n) is 7.05. The Bertz CT molecular complexity index is 1020. The zero-order chi connectivity index (χ0) is 20.5. The van der Waals surface area contributed by atoms with E-state index in [4.69, 9.17) is 14.2 Å². The van der Waals surface area contributed by atoms with E-state index in [0.29, 0.717) is 24.3 Å². The predicted molar refractivity (Wildman–Crippen MR) is 109 cm³/mol. The molecule has 2 aromatic carbocycles. The molecular formula is C24H25NO5. The maximum absolute atomic E-state index is 13.4. The number of fused-ring (bicyclic) bond motifs is 4. The van der Waals surface area contributed by atoms with E-state index in [9.17, 15) is 9.90 Å². The van der Waals surface area contributed by atoms with Crippen LogP contribution in [0, 0.1) is 0 Å². The van der Waals surface area contributed by atoms with E-state index in [-0.39, 0.29) is 30.9 Å². The van der Waals surface area contributed by atoms with Gasteiger partial charge < -0.3 is 24.2 Å². The fourth-order valence-corrected chi connectivity index (χ4v) is 5.68. The van der Waals surface area contributed by atoms with Crippen LogP contribution in [0.5, 0.6) is 17.2 Å². The molecule has 1 N–H and O–H groups in total. The fraction of sp³-hybridized carbons (Fsp3) is 0.458. The van der Waals surface area contributed by atoms with Gasteiger partial charge in [0.25, 0.3) is 5.91 Å². The lowest BCUT2D eigenvalue weighted by Gasteiger charge is -2.44. The van der Waals surface area contributed by atoms with Gasteiger partial charge in [0.05, 0.1) is 5.60 Å². The number of ether oxygens (including phenoxy) is 3. The molecule has 6 rings (SSSR count). The molecule has 2 aromatic rings. The van der Waals surface area contributed by atoms with Crippen molar-refractivity contribution in [2.24, 2.45) is 0 Å². The summed E-state index contributed by atoms with van der Waals surface area (Å²) in [5.74, 6) is 2.35. The van der Waals surface area contributed by atoms with E-state index in [2.05, 4.69) is 0 Å². The van der Waals surface area contributed by atoms with Crippen molar-refractivity contribution in [2.45, 2.75) is 62.8 Å². The Hall–Kier alpha value is -2.73. The summed E-state index contributed by atoms with van der Waals surface area (Å²) in [4.78, 5) is 15.4. The van der Waals surface area contributed by atoms with Crippen LogP contribution in [0.4, 0.5) is 0 Å². The topological polar surface area (TPSA) is 68.2 Å². The minimum absolute atomic E-state index is 0.0371. The van der Waals surface area contributed by atoms with Crippen LogP contribution in [0.2, 0.25) is 0 Å². The van der Waals surface area contributed by atoms with Crippen molar-refractivity contribution in [2.75, 3.05) is 6.79 Å². The molecular weight excluding hydrogens is 382 g/mol. The SMILES string of the molecule is C[C@@H]1Cc2cc(C(=O)N3[C@H]4CC[C@H]3CC(O)(c3ccc5c(c3)OCO5)C4)ccc2O1. The molecule has 30 heavy (non-hydrogen) atoms. The van der Waals surface area contributed by atoms with Gasteiger partial charge in [0.1, 0.15) is 11.9 Å². The maximum atomic E-state index is 13.4. The van der Waals surface area contributed by atoms with Crippen molar-refractivity contribution in [1.82, 2.24) is 4.90 Å². The van der Waals surface area contributed by atoms with Crippen LogP contribution < -0.4 is 14.2 Å². The van der Waals surface area contributed by atoms with Crippen LogP contribution in [0.25, 0.3) is 0 Å². The van der Waals surface area contributed by atoms with E-state index >= 15 is 0 Å². The Morgan fingerprint density at radius 1 is 1.03 bits per heavy atom. The number of benzene rings is 2. The Balaban J connectivity index is 1.26. The van der Waals surface area contributed by atoms with Crippen LogP contribution in [0.1, 0.15) is 54.1 Å². The van der Waals surface area contributed by atoms with Crippen molar-refractivity contribution >= 4 is 5.91 Å². The number of hydrogen-bond donors (Lipinski definition) is 1. The molecule has 156 valence electrons. The van der Waals surface area contributed by atoms with Gasteiger partial charge in [-0.2, -0.15) is 0 Å². The predicted octanol–water partition coefficient (Wildman–Crippen LogP) is 3.39. The number of carbonyl (C=O) groups excluding carboxylic acids is 1. The molecule has 0 unspecified atom stereocenters. The molecule has 2 bridgehead atoms. The van der Waals surface area contributed by atoms with Crippen molar-refractivity contribution in [3.05, 3.63) is 53.1 Å². The van der Waals surface area contributed by atoms with Crippen molar-refractivity contribution in [1.29, 1.82) is 0 Å². The normalized spacial score (nSPS) is 30.9. The summed E-state index contributed by atoms with van der Waals surface area (Å²) in [5, 5.41) is 11.5. The highest BCUT2D eigenvalue weighted by Gasteiger charge is 2.50. The van der Waals surface area contributed by atoms with Gasteiger partial charge in [-0.25, -0.2) is 0 Å². The second kappa shape index (κ2) is 6.38. The summed E-state index contributed by atoms with van der Waals surface area (Å²) in [6.45, 7) is 2.26. The molecule has 0 saturated carbocycles. The number of aliphatic hydroxyl groups is 1. The van der Waals surface area contributed by atoms with E-state index in [1.807, 2.05) is 48.2 Å². The lowest BCUT2D eigenvalue weighted by molar-refractivity contribution is -0.0480. The molecule has 4 aliphatic rings. The molecule has 0 aromatic heterocycles. The standard InChI is InChI=1S/C24H25NO5/c1-14-8-16-9-15(2-6-20(16)30-14)23(26)25-18-4-5-19(25)12-24(27,11-18)17-3-7-21-22(10-17)29-13-28-21/h2-3,6-7,9-10,14,18-19,27H,4-5,8,11-13H2,1H3/t14-,18+,19+/m1/s1. The molecule has 1 amide bonds. The number of carbonyl (C=O) groups is 1. The molecule has 0 spiro atoms. The molecule has 0 aliphatic carbocycles. The van der Waals surface area contributed by atoms with E-state index in [1.165, 1.54) is 0 Å². The van der Waals surface area contributed by atoms with Gasteiger partial charge >= 0.3 is 0 Å². The summed E-state index contributed by atoms with van der Waals surface area (Å²) in [6.07, 6.45) is 3.93. The Kier molecular flexibility index (Phi) is 3.84. The number of rotatable bonds is 2. The second-order valence-electron chi connectivity index (χ2n) is 9.06. The van der Waals surface area contributed by atoms with Crippen molar-refractivity contribution < 1.29 is 24.1 Å². The smallest absolute Gasteiger partial charge is 0.254 e. The molecule has 6 nitrogen and oxygen atoms in total. The minimum atomic E-state index is -0.954. The quantitative estimate of drug-likeness (QED) is 0.827. The highest BCUT2D eigenvalue weighted by molar-refractivity contribution is 5.95. The number of nitrogens with zero attached hydrogens (tertiary/aromatic N) is 1. The maximum Gasteiger partial charge on any atom is 0.254 e. The molecule has 2 fully saturated rings. The van der Waals surface area contributed by atoms with Crippen LogP contribution >= 0.6 is 0 Å². The largest absolute Gasteiger partial charge is 0.490 e. The number of amides is 1. The monoisotopic (exact) mass is 407 g/mol. The van der Waals surface area contributed by atoms with Gasteiger partial charge in [0.15, 0.2) is 11.5 Å². The first kappa shape index (κ1) is 18.1. The van der Waals surface area contributed by atoms with Gasteiger partial charge in [-0.3, -0.25) is 4.79 Å². The Morgan fingerprint density at radius 2 is 1.77 bits per heavy atom. The third kappa shape index (κ3) is 2.70. The lowest BCUT2D eigenvalue weighted by Crippen LogP contribution is -2.52. The average molecular weight is 407 g/mol. The first-order chi connectivity index (χ1) is 14.5. The van der Waals surface area contributed by atoms with Crippen molar-refractivity contribution in [3.8, 4) is 17.2 Å². The first-order valence-electron chi connectivity index (χ1n) is 10.7. The Labute approximate surface area is 175 Å². The van der Waals surface area contributed by atoms with E-state index in [0.717, 1.165) is 41.7 Å². The van der Waals surface area contributed by atoms with Crippen LogP contribution in [-0.4, -0.2) is 40.9 Å². The Morgan fingerprint density at radius 3 is 2.57 bits per heavy atom. The zero-order valence-electron chi connectivity index (χ0n) is 17.0. The van der Waals surface area contributed by atoms with Gasteiger partial charge in [0.2, 0.25) is 6.79 Å². The van der Waals surface area contributed by atoms with Crippen LogP contribution in [0.15, 0.2) is 36.4 Å². The molecule has 3 atom stereocenters.